The molecule has 23 heavy (non-hydrogen) atoms. The van der Waals surface area contributed by atoms with Crippen LogP contribution < -0.4 is 10.6 Å². The summed E-state index contributed by atoms with van der Waals surface area (Å²) in [5, 5.41) is 10.2. The molecule has 2 aromatic rings. The first-order chi connectivity index (χ1) is 10.9. The van der Waals surface area contributed by atoms with Gasteiger partial charge in [-0.25, -0.2) is 0 Å². The first kappa shape index (κ1) is 17.3. The third kappa shape index (κ3) is 5.24. The summed E-state index contributed by atoms with van der Waals surface area (Å²) in [4.78, 5) is 0. The predicted molar refractivity (Wildman–Crippen MR) is 87.2 cm³/mol. The second-order valence-electron chi connectivity index (χ2n) is 5.01. The second kappa shape index (κ2) is 7.45. The number of nitrogens with one attached hydrogen (secondary N) is 2. The molecular weight excluding hydrogens is 325 g/mol. The van der Waals surface area contributed by atoms with Crippen molar-refractivity contribution in [2.75, 3.05) is 11.9 Å². The Labute approximate surface area is 137 Å². The molecule has 0 unspecified atom stereocenters. The van der Waals surface area contributed by atoms with Crippen LogP contribution in [-0.2, 0) is 12.7 Å². The van der Waals surface area contributed by atoms with Crippen LogP contribution in [0.2, 0.25) is 0 Å². The predicted octanol–water partition coefficient (Wildman–Crippen LogP) is 3.59. The fraction of sp³-hybridized carbons (Fsp3) is 0.333. The number of hydrogen-bond acceptors (Lipinski definition) is 2. The maximum Gasteiger partial charge on any atom is 0.416 e. The number of benzene rings is 1. The van der Waals surface area contributed by atoms with Crippen LogP contribution in [0.25, 0.3) is 0 Å². The number of thiocarbonyl (C=S) groups is 1. The van der Waals surface area contributed by atoms with Crippen molar-refractivity contribution in [3.05, 3.63) is 47.8 Å². The van der Waals surface area contributed by atoms with Gasteiger partial charge in [-0.05, 0) is 49.8 Å². The molecule has 0 fully saturated rings. The molecule has 2 N–H and O–H groups in total. The van der Waals surface area contributed by atoms with Crippen molar-refractivity contribution in [2.45, 2.75) is 26.1 Å². The highest BCUT2D eigenvalue weighted by atomic mass is 32.1. The minimum absolute atomic E-state index is 0.293. The average Bonchev–Trinajstić information content (AvgIpc) is 2.88. The van der Waals surface area contributed by atoms with Crippen LogP contribution in [0.1, 0.15) is 17.7 Å². The van der Waals surface area contributed by atoms with E-state index in [0.717, 1.165) is 30.8 Å². The summed E-state index contributed by atoms with van der Waals surface area (Å²) in [5.74, 6) is 0. The second-order valence-corrected chi connectivity index (χ2v) is 5.42. The summed E-state index contributed by atoms with van der Waals surface area (Å²) in [6.07, 6.45) is -1.83. The smallest absolute Gasteiger partial charge is 0.362 e. The van der Waals surface area contributed by atoms with Crippen LogP contribution in [0.3, 0.4) is 0 Å². The molecule has 0 saturated heterocycles. The van der Waals surface area contributed by atoms with E-state index in [0.29, 0.717) is 17.3 Å². The molecule has 0 saturated carbocycles. The highest BCUT2D eigenvalue weighted by Gasteiger charge is 2.30. The lowest BCUT2D eigenvalue weighted by molar-refractivity contribution is -0.137. The number of aryl methyl sites for hydroxylation is 2. The van der Waals surface area contributed by atoms with Crippen molar-refractivity contribution in [3.8, 4) is 0 Å². The molecule has 0 amide bonds. The van der Waals surface area contributed by atoms with Gasteiger partial charge in [0.1, 0.15) is 0 Å². The van der Waals surface area contributed by atoms with Crippen molar-refractivity contribution in [3.63, 3.8) is 0 Å². The van der Waals surface area contributed by atoms with Crippen LogP contribution in [0.15, 0.2) is 36.5 Å². The van der Waals surface area contributed by atoms with Gasteiger partial charge in [-0.1, -0.05) is 6.07 Å². The van der Waals surface area contributed by atoms with E-state index < -0.39 is 11.7 Å². The molecule has 1 aromatic carbocycles. The van der Waals surface area contributed by atoms with Gasteiger partial charge in [-0.15, -0.1) is 0 Å². The third-order valence-corrected chi connectivity index (χ3v) is 3.46. The number of alkyl halides is 3. The van der Waals surface area contributed by atoms with E-state index in [1.165, 1.54) is 12.1 Å². The molecule has 0 bridgehead atoms. The number of nitrogens with zero attached hydrogens (tertiary/aromatic N) is 2. The Morgan fingerprint density at radius 3 is 2.74 bits per heavy atom. The van der Waals surface area contributed by atoms with Crippen LogP contribution in [0, 0.1) is 6.92 Å². The first-order valence-corrected chi connectivity index (χ1v) is 7.47. The van der Waals surface area contributed by atoms with Crippen LogP contribution in [0.4, 0.5) is 18.9 Å². The third-order valence-electron chi connectivity index (χ3n) is 3.21. The zero-order valence-corrected chi connectivity index (χ0v) is 13.3. The summed E-state index contributed by atoms with van der Waals surface area (Å²) < 4.78 is 39.8. The minimum atomic E-state index is -4.37. The number of aromatic nitrogens is 2. The molecule has 1 aromatic heterocycles. The standard InChI is InChI=1S/C15H17F3N4S/c1-11-6-8-20-22(11)9-3-7-19-14(23)21-13-5-2-4-12(10-13)15(16,17)18/h2,4-6,8,10H,3,7,9H2,1H3,(H2,19,21,23). The van der Waals surface area contributed by atoms with Gasteiger partial charge in [-0.3, -0.25) is 4.68 Å². The molecule has 0 atom stereocenters. The van der Waals surface area contributed by atoms with E-state index in [-0.39, 0.29) is 0 Å². The molecule has 2 rings (SSSR count). The molecule has 0 aliphatic heterocycles. The molecule has 1 heterocycles. The zero-order chi connectivity index (χ0) is 16.9. The lowest BCUT2D eigenvalue weighted by Crippen LogP contribution is -2.30. The van der Waals surface area contributed by atoms with Crippen molar-refractivity contribution < 1.29 is 13.2 Å². The van der Waals surface area contributed by atoms with E-state index in [1.807, 2.05) is 17.7 Å². The fourth-order valence-electron chi connectivity index (χ4n) is 2.01. The van der Waals surface area contributed by atoms with Crippen LogP contribution in [0.5, 0.6) is 0 Å². The van der Waals surface area contributed by atoms with Gasteiger partial charge in [0.15, 0.2) is 5.11 Å². The van der Waals surface area contributed by atoms with Crippen molar-refractivity contribution in [1.29, 1.82) is 0 Å². The molecule has 8 heteroatoms. The van der Waals surface area contributed by atoms with Gasteiger partial charge in [0.2, 0.25) is 0 Å². The van der Waals surface area contributed by atoms with Crippen molar-refractivity contribution >= 4 is 23.0 Å². The average molecular weight is 342 g/mol. The van der Waals surface area contributed by atoms with E-state index in [2.05, 4.69) is 15.7 Å². The van der Waals surface area contributed by atoms with E-state index in [9.17, 15) is 13.2 Å². The maximum absolute atomic E-state index is 12.6. The van der Waals surface area contributed by atoms with Crippen molar-refractivity contribution in [2.24, 2.45) is 0 Å². The number of rotatable bonds is 5. The Bertz CT molecular complexity index is 667. The lowest BCUT2D eigenvalue weighted by Gasteiger charge is -2.13. The van der Waals surface area contributed by atoms with Gasteiger partial charge in [-0.2, -0.15) is 18.3 Å². The largest absolute Gasteiger partial charge is 0.416 e. The topological polar surface area (TPSA) is 41.9 Å². The SMILES string of the molecule is Cc1ccnn1CCCNC(=S)Nc1cccc(C(F)(F)F)c1. The number of halogens is 3. The van der Waals surface area contributed by atoms with Gasteiger partial charge >= 0.3 is 6.18 Å². The number of hydrogen-bond donors (Lipinski definition) is 2. The zero-order valence-electron chi connectivity index (χ0n) is 12.5. The van der Waals surface area contributed by atoms with Gasteiger partial charge in [0, 0.05) is 30.7 Å². The molecule has 4 nitrogen and oxygen atoms in total. The first-order valence-electron chi connectivity index (χ1n) is 7.07. The van der Waals surface area contributed by atoms with Gasteiger partial charge < -0.3 is 10.6 Å². The van der Waals surface area contributed by atoms with Gasteiger partial charge in [0.25, 0.3) is 0 Å². The normalized spacial score (nSPS) is 11.3. The molecule has 0 aliphatic carbocycles. The molecule has 0 aliphatic rings. The molecule has 0 spiro atoms. The highest BCUT2D eigenvalue weighted by molar-refractivity contribution is 7.80. The maximum atomic E-state index is 12.6. The summed E-state index contributed by atoms with van der Waals surface area (Å²) in [5.41, 5.74) is 0.675. The Morgan fingerprint density at radius 1 is 1.30 bits per heavy atom. The summed E-state index contributed by atoms with van der Waals surface area (Å²) in [7, 11) is 0. The van der Waals surface area contributed by atoms with Gasteiger partial charge in [0.05, 0.1) is 5.56 Å². The molecule has 124 valence electrons. The fourth-order valence-corrected chi connectivity index (χ4v) is 2.23. The minimum Gasteiger partial charge on any atom is -0.362 e. The summed E-state index contributed by atoms with van der Waals surface area (Å²) in [6, 6.07) is 6.85. The Morgan fingerprint density at radius 2 is 2.09 bits per heavy atom. The Kier molecular flexibility index (Phi) is 5.59. The lowest BCUT2D eigenvalue weighted by atomic mass is 10.2. The van der Waals surface area contributed by atoms with Crippen LogP contribution in [-0.4, -0.2) is 21.4 Å². The monoisotopic (exact) mass is 342 g/mol. The van der Waals surface area contributed by atoms with E-state index in [4.69, 9.17) is 12.2 Å². The van der Waals surface area contributed by atoms with Crippen LogP contribution >= 0.6 is 12.2 Å². The highest BCUT2D eigenvalue weighted by Crippen LogP contribution is 2.30. The quantitative estimate of drug-likeness (QED) is 0.644. The summed E-state index contributed by atoms with van der Waals surface area (Å²) >= 11 is 5.09. The molecule has 0 radical (unpaired) electrons. The van der Waals surface area contributed by atoms with E-state index >= 15 is 0 Å². The summed E-state index contributed by atoms with van der Waals surface area (Å²) in [6.45, 7) is 3.32. The molecular formula is C15H17F3N4S. The number of anilines is 1. The Balaban J connectivity index is 1.78. The Hall–Kier alpha value is -2.09. The van der Waals surface area contributed by atoms with E-state index in [1.54, 1.807) is 6.20 Å². The van der Waals surface area contributed by atoms with Crippen molar-refractivity contribution in [1.82, 2.24) is 15.1 Å².